The Balaban J connectivity index is 1.44. The zero-order valence-electron chi connectivity index (χ0n) is 15.1. The highest BCUT2D eigenvalue weighted by molar-refractivity contribution is 7.07. The van der Waals surface area contributed by atoms with E-state index in [1.54, 1.807) is 16.8 Å². The minimum Gasteiger partial charge on any atom is -0.487 e. The molecule has 0 saturated carbocycles. The van der Waals surface area contributed by atoms with Crippen molar-refractivity contribution in [3.8, 4) is 5.75 Å². The number of likely N-dealkylation sites (tertiary alicyclic amines) is 1. The van der Waals surface area contributed by atoms with Gasteiger partial charge in [0.2, 0.25) is 0 Å². The van der Waals surface area contributed by atoms with E-state index in [-0.39, 0.29) is 11.9 Å². The minimum atomic E-state index is 0.0903. The Morgan fingerprint density at radius 1 is 1.19 bits per heavy atom. The van der Waals surface area contributed by atoms with Gasteiger partial charge in [-0.2, -0.15) is 0 Å². The maximum Gasteiger partial charge on any atom is 0.254 e. The number of carbonyl (C=O) groups excluding carboxylic acids is 1. The van der Waals surface area contributed by atoms with E-state index in [0.29, 0.717) is 17.9 Å². The summed E-state index contributed by atoms with van der Waals surface area (Å²) in [5.74, 6) is 0.792. The number of amides is 1. The van der Waals surface area contributed by atoms with Crippen LogP contribution in [0.2, 0.25) is 0 Å². The Morgan fingerprint density at radius 3 is 2.89 bits per heavy atom. The highest BCUT2D eigenvalue weighted by Crippen LogP contribution is 2.25. The summed E-state index contributed by atoms with van der Waals surface area (Å²) in [5, 5.41) is 1.97. The largest absolute Gasteiger partial charge is 0.487 e. The SMILES string of the molecule is O=C(c1cccc(OCc2cscn2)c1)N1CCCC1Cc1ccccc1. The lowest BCUT2D eigenvalue weighted by molar-refractivity contribution is 0.0736. The van der Waals surface area contributed by atoms with Crippen molar-refractivity contribution in [2.45, 2.75) is 31.9 Å². The molecule has 1 saturated heterocycles. The Bertz CT molecular complexity index is 880. The van der Waals surface area contributed by atoms with Gasteiger partial charge in [-0.3, -0.25) is 4.79 Å². The van der Waals surface area contributed by atoms with Crippen LogP contribution in [-0.2, 0) is 13.0 Å². The second-order valence-electron chi connectivity index (χ2n) is 6.78. The third-order valence-electron chi connectivity index (χ3n) is 4.90. The predicted molar refractivity (Wildman–Crippen MR) is 107 cm³/mol. The molecule has 5 heteroatoms. The van der Waals surface area contributed by atoms with Crippen LogP contribution in [0.25, 0.3) is 0 Å². The summed E-state index contributed by atoms with van der Waals surface area (Å²) < 4.78 is 5.80. The van der Waals surface area contributed by atoms with Crippen molar-refractivity contribution in [2.75, 3.05) is 6.54 Å². The molecule has 1 fully saturated rings. The van der Waals surface area contributed by atoms with Crippen LogP contribution >= 0.6 is 11.3 Å². The van der Waals surface area contributed by atoms with Gasteiger partial charge in [0.25, 0.3) is 5.91 Å². The average Bonchev–Trinajstić information content (AvgIpc) is 3.39. The van der Waals surface area contributed by atoms with Gasteiger partial charge >= 0.3 is 0 Å². The van der Waals surface area contributed by atoms with Crippen LogP contribution in [0.1, 0.15) is 34.5 Å². The van der Waals surface area contributed by atoms with E-state index in [0.717, 1.165) is 31.5 Å². The number of benzene rings is 2. The third-order valence-corrected chi connectivity index (χ3v) is 5.54. The molecule has 1 atom stereocenters. The lowest BCUT2D eigenvalue weighted by Crippen LogP contribution is -2.36. The highest BCUT2D eigenvalue weighted by atomic mass is 32.1. The van der Waals surface area contributed by atoms with Crippen LogP contribution in [0.15, 0.2) is 65.5 Å². The molecule has 1 amide bonds. The second kappa shape index (κ2) is 8.35. The zero-order chi connectivity index (χ0) is 18.5. The first-order valence-corrected chi connectivity index (χ1v) is 10.2. The van der Waals surface area contributed by atoms with E-state index in [9.17, 15) is 4.79 Å². The second-order valence-corrected chi connectivity index (χ2v) is 7.50. The molecule has 1 aliphatic heterocycles. The molecule has 0 spiro atoms. The van der Waals surface area contributed by atoms with Crippen molar-refractivity contribution in [2.24, 2.45) is 0 Å². The van der Waals surface area contributed by atoms with Gasteiger partial charge < -0.3 is 9.64 Å². The van der Waals surface area contributed by atoms with Crippen LogP contribution in [0.4, 0.5) is 0 Å². The number of hydrogen-bond donors (Lipinski definition) is 0. The van der Waals surface area contributed by atoms with E-state index in [4.69, 9.17) is 4.74 Å². The lowest BCUT2D eigenvalue weighted by Gasteiger charge is -2.25. The van der Waals surface area contributed by atoms with Crippen LogP contribution in [0.5, 0.6) is 5.75 Å². The summed E-state index contributed by atoms with van der Waals surface area (Å²) in [6, 6.07) is 18.1. The maximum atomic E-state index is 13.1. The smallest absolute Gasteiger partial charge is 0.254 e. The number of ether oxygens (including phenoxy) is 1. The van der Waals surface area contributed by atoms with Crippen molar-refractivity contribution < 1.29 is 9.53 Å². The lowest BCUT2D eigenvalue weighted by atomic mass is 10.0. The number of aromatic nitrogens is 1. The summed E-state index contributed by atoms with van der Waals surface area (Å²) in [6.45, 7) is 1.24. The highest BCUT2D eigenvalue weighted by Gasteiger charge is 2.29. The van der Waals surface area contributed by atoms with E-state index in [1.165, 1.54) is 5.56 Å². The molecule has 2 heterocycles. The molecule has 1 aliphatic rings. The number of carbonyl (C=O) groups is 1. The first-order chi connectivity index (χ1) is 13.3. The van der Waals surface area contributed by atoms with Gasteiger partial charge in [-0.1, -0.05) is 36.4 Å². The molecular weight excluding hydrogens is 356 g/mol. The quantitative estimate of drug-likeness (QED) is 0.631. The Kier molecular flexibility index (Phi) is 5.49. The van der Waals surface area contributed by atoms with Crippen LogP contribution < -0.4 is 4.74 Å². The topological polar surface area (TPSA) is 42.4 Å². The molecule has 138 valence electrons. The summed E-state index contributed by atoms with van der Waals surface area (Å²) in [4.78, 5) is 19.3. The van der Waals surface area contributed by atoms with Gasteiger partial charge in [-0.05, 0) is 43.0 Å². The minimum absolute atomic E-state index is 0.0903. The van der Waals surface area contributed by atoms with Crippen molar-refractivity contribution in [3.63, 3.8) is 0 Å². The fourth-order valence-electron chi connectivity index (χ4n) is 3.55. The van der Waals surface area contributed by atoms with Gasteiger partial charge in [-0.25, -0.2) is 4.98 Å². The summed E-state index contributed by atoms with van der Waals surface area (Å²) in [7, 11) is 0. The standard InChI is InChI=1S/C22H22N2O2S/c25-22(24-11-5-9-20(24)12-17-6-2-1-3-7-17)18-8-4-10-21(13-18)26-14-19-15-27-16-23-19/h1-4,6-8,10,13,15-16,20H,5,9,11-12,14H2. The molecule has 0 radical (unpaired) electrons. The van der Waals surface area contributed by atoms with Crippen molar-refractivity contribution >= 4 is 17.2 Å². The Morgan fingerprint density at radius 2 is 2.07 bits per heavy atom. The predicted octanol–water partition coefficient (Wildman–Crippen LogP) is 4.57. The van der Waals surface area contributed by atoms with E-state index >= 15 is 0 Å². The monoisotopic (exact) mass is 378 g/mol. The molecule has 0 aliphatic carbocycles. The summed E-state index contributed by atoms with van der Waals surface area (Å²) in [5.41, 5.74) is 4.66. The molecule has 3 aromatic rings. The molecule has 0 N–H and O–H groups in total. The summed E-state index contributed by atoms with van der Waals surface area (Å²) >= 11 is 1.55. The van der Waals surface area contributed by atoms with E-state index in [1.807, 2.05) is 40.6 Å². The number of rotatable bonds is 6. The van der Waals surface area contributed by atoms with Crippen molar-refractivity contribution in [3.05, 3.63) is 82.3 Å². The first kappa shape index (κ1) is 17.7. The number of nitrogens with zero attached hydrogens (tertiary/aromatic N) is 2. The van der Waals surface area contributed by atoms with Gasteiger partial charge in [-0.15, -0.1) is 11.3 Å². The fraction of sp³-hybridized carbons (Fsp3) is 0.273. The first-order valence-electron chi connectivity index (χ1n) is 9.24. The average molecular weight is 378 g/mol. The van der Waals surface area contributed by atoms with Crippen molar-refractivity contribution in [1.82, 2.24) is 9.88 Å². The zero-order valence-corrected chi connectivity index (χ0v) is 15.9. The molecule has 4 nitrogen and oxygen atoms in total. The van der Waals surface area contributed by atoms with Crippen LogP contribution in [-0.4, -0.2) is 28.4 Å². The van der Waals surface area contributed by atoms with E-state index < -0.39 is 0 Å². The van der Waals surface area contributed by atoms with Crippen LogP contribution in [0, 0.1) is 0 Å². The van der Waals surface area contributed by atoms with E-state index in [2.05, 4.69) is 29.2 Å². The van der Waals surface area contributed by atoms with Gasteiger partial charge in [0, 0.05) is 23.5 Å². The molecule has 1 aromatic heterocycles. The molecule has 2 aromatic carbocycles. The molecule has 0 bridgehead atoms. The maximum absolute atomic E-state index is 13.1. The molecule has 1 unspecified atom stereocenters. The fourth-order valence-corrected chi connectivity index (χ4v) is 4.10. The normalized spacial score (nSPS) is 16.4. The Hall–Kier alpha value is -2.66. The van der Waals surface area contributed by atoms with Gasteiger partial charge in [0.05, 0.1) is 11.2 Å². The van der Waals surface area contributed by atoms with Gasteiger partial charge in [0.15, 0.2) is 0 Å². The van der Waals surface area contributed by atoms with Gasteiger partial charge in [0.1, 0.15) is 12.4 Å². The van der Waals surface area contributed by atoms with Crippen LogP contribution in [0.3, 0.4) is 0 Å². The molecule has 4 rings (SSSR count). The Labute approximate surface area is 163 Å². The molecular formula is C22H22N2O2S. The summed E-state index contributed by atoms with van der Waals surface area (Å²) in [6.07, 6.45) is 3.02. The number of thiazole rings is 1. The molecule has 27 heavy (non-hydrogen) atoms. The third kappa shape index (κ3) is 4.37. The van der Waals surface area contributed by atoms with Crippen molar-refractivity contribution in [1.29, 1.82) is 0 Å². The number of hydrogen-bond acceptors (Lipinski definition) is 4.